The van der Waals surface area contributed by atoms with Gasteiger partial charge >= 0.3 is 12.2 Å². The van der Waals surface area contributed by atoms with Crippen molar-refractivity contribution in [2.75, 3.05) is 23.4 Å². The van der Waals surface area contributed by atoms with E-state index in [4.69, 9.17) is 4.74 Å². The van der Waals surface area contributed by atoms with Gasteiger partial charge < -0.3 is 10.1 Å². The molecule has 1 aliphatic heterocycles. The second kappa shape index (κ2) is 8.14. The first kappa shape index (κ1) is 21.6. The number of urea groups is 1. The maximum absolute atomic E-state index is 13.2. The lowest BCUT2D eigenvalue weighted by Gasteiger charge is -2.30. The number of benzene rings is 1. The van der Waals surface area contributed by atoms with Gasteiger partial charge in [-0.25, -0.2) is 9.78 Å². The first-order valence-corrected chi connectivity index (χ1v) is 9.98. The molecule has 0 atom stereocenters. The van der Waals surface area contributed by atoms with Gasteiger partial charge in [0, 0.05) is 22.6 Å². The zero-order chi connectivity index (χ0) is 23.0. The lowest BCUT2D eigenvalue weighted by Crippen LogP contribution is -2.41. The van der Waals surface area contributed by atoms with Gasteiger partial charge in [0.15, 0.2) is 11.6 Å². The molecule has 0 saturated heterocycles. The standard InChI is InChI=1S/C23H21F3N4O2/c1-13-9-19(16-5-4-6-17(12-16)23(24,25)26)29-21-20(13)32-8-7-30(21)22(31)28-18-10-14(2)27-15(3)11-18/h4-6,9-12H,7-8H2,1-3H3,(H,27,28,31). The molecule has 1 aliphatic rings. The highest BCUT2D eigenvalue weighted by atomic mass is 19.4. The van der Waals surface area contributed by atoms with Crippen LogP contribution in [-0.4, -0.2) is 29.2 Å². The van der Waals surface area contributed by atoms with Crippen molar-refractivity contribution in [3.63, 3.8) is 0 Å². The Balaban J connectivity index is 1.71. The second-order valence-electron chi connectivity index (χ2n) is 7.62. The average Bonchev–Trinajstić information content (AvgIpc) is 2.72. The Morgan fingerprint density at radius 3 is 2.47 bits per heavy atom. The number of pyridine rings is 2. The van der Waals surface area contributed by atoms with Gasteiger partial charge in [0.1, 0.15) is 6.61 Å². The molecule has 1 aromatic carbocycles. The molecule has 0 spiro atoms. The van der Waals surface area contributed by atoms with Crippen LogP contribution in [0.15, 0.2) is 42.5 Å². The zero-order valence-corrected chi connectivity index (χ0v) is 17.7. The van der Waals surface area contributed by atoms with Crippen molar-refractivity contribution in [2.45, 2.75) is 26.9 Å². The topological polar surface area (TPSA) is 67.4 Å². The van der Waals surface area contributed by atoms with Crippen molar-refractivity contribution in [3.8, 4) is 17.0 Å². The van der Waals surface area contributed by atoms with Crippen LogP contribution in [0, 0.1) is 20.8 Å². The van der Waals surface area contributed by atoms with Crippen LogP contribution in [0.25, 0.3) is 11.3 Å². The molecule has 4 rings (SSSR count). The Kier molecular flexibility index (Phi) is 5.50. The summed E-state index contributed by atoms with van der Waals surface area (Å²) in [4.78, 5) is 23.3. The molecule has 32 heavy (non-hydrogen) atoms. The molecule has 0 aliphatic carbocycles. The number of halogens is 3. The molecule has 1 N–H and O–H groups in total. The fourth-order valence-corrected chi connectivity index (χ4v) is 3.65. The Morgan fingerprint density at radius 2 is 1.78 bits per heavy atom. The third kappa shape index (κ3) is 4.37. The Morgan fingerprint density at radius 1 is 1.06 bits per heavy atom. The number of carbonyl (C=O) groups excluding carboxylic acids is 1. The maximum Gasteiger partial charge on any atom is 0.416 e. The summed E-state index contributed by atoms with van der Waals surface area (Å²) in [6.07, 6.45) is -4.46. The van der Waals surface area contributed by atoms with Crippen molar-refractivity contribution in [1.29, 1.82) is 0 Å². The van der Waals surface area contributed by atoms with Crippen LogP contribution in [0.1, 0.15) is 22.5 Å². The van der Waals surface area contributed by atoms with Crippen LogP contribution in [0.4, 0.5) is 29.5 Å². The zero-order valence-electron chi connectivity index (χ0n) is 17.7. The first-order valence-electron chi connectivity index (χ1n) is 9.98. The van der Waals surface area contributed by atoms with E-state index in [1.54, 1.807) is 31.2 Å². The van der Waals surface area contributed by atoms with Crippen molar-refractivity contribution in [3.05, 3.63) is 65.0 Å². The molecule has 0 saturated carbocycles. The number of nitrogens with zero attached hydrogens (tertiary/aromatic N) is 3. The van der Waals surface area contributed by atoms with Crippen molar-refractivity contribution < 1.29 is 22.7 Å². The Hall–Kier alpha value is -3.62. The van der Waals surface area contributed by atoms with E-state index in [2.05, 4.69) is 15.3 Å². The number of fused-ring (bicyclic) bond motifs is 1. The monoisotopic (exact) mass is 442 g/mol. The SMILES string of the molecule is Cc1cc(NC(=O)N2CCOc3c(C)cc(-c4cccc(C(F)(F)F)c4)nc32)cc(C)n1. The molecule has 0 unspecified atom stereocenters. The lowest BCUT2D eigenvalue weighted by molar-refractivity contribution is -0.137. The van der Waals surface area contributed by atoms with E-state index < -0.39 is 17.8 Å². The lowest BCUT2D eigenvalue weighted by atomic mass is 10.1. The minimum absolute atomic E-state index is 0.250. The predicted molar refractivity (Wildman–Crippen MR) is 115 cm³/mol. The highest BCUT2D eigenvalue weighted by molar-refractivity contribution is 6.02. The van der Waals surface area contributed by atoms with Gasteiger partial charge in [-0.15, -0.1) is 0 Å². The Bertz CT molecular complexity index is 1170. The van der Waals surface area contributed by atoms with Gasteiger partial charge in [-0.2, -0.15) is 13.2 Å². The molecule has 0 radical (unpaired) electrons. The van der Waals surface area contributed by atoms with Crippen LogP contribution in [0.2, 0.25) is 0 Å². The van der Waals surface area contributed by atoms with Gasteiger partial charge in [-0.3, -0.25) is 9.88 Å². The van der Waals surface area contributed by atoms with Gasteiger partial charge in [-0.1, -0.05) is 12.1 Å². The second-order valence-corrected chi connectivity index (χ2v) is 7.62. The summed E-state index contributed by atoms with van der Waals surface area (Å²) in [6, 6.07) is 9.71. The molecular weight excluding hydrogens is 421 g/mol. The van der Waals surface area contributed by atoms with Gasteiger partial charge in [-0.05, 0) is 56.7 Å². The number of alkyl halides is 3. The van der Waals surface area contributed by atoms with Crippen molar-refractivity contribution >= 4 is 17.5 Å². The number of amides is 2. The number of hydrogen-bond acceptors (Lipinski definition) is 4. The normalized spacial score (nSPS) is 13.4. The summed E-state index contributed by atoms with van der Waals surface area (Å²) in [5, 5.41) is 2.84. The average molecular weight is 442 g/mol. The number of carbonyl (C=O) groups is 1. The van der Waals surface area contributed by atoms with E-state index in [0.29, 0.717) is 28.3 Å². The number of aromatic nitrogens is 2. The summed E-state index contributed by atoms with van der Waals surface area (Å²) < 4.78 is 45.2. The van der Waals surface area contributed by atoms with Crippen LogP contribution in [0.3, 0.4) is 0 Å². The smallest absolute Gasteiger partial charge is 0.416 e. The van der Waals surface area contributed by atoms with Gasteiger partial charge in [0.2, 0.25) is 0 Å². The maximum atomic E-state index is 13.2. The molecule has 2 aromatic heterocycles. The number of ether oxygens (including phenoxy) is 1. The quantitative estimate of drug-likeness (QED) is 0.568. The van der Waals surface area contributed by atoms with E-state index in [9.17, 15) is 18.0 Å². The highest BCUT2D eigenvalue weighted by Crippen LogP contribution is 2.38. The summed E-state index contributed by atoms with van der Waals surface area (Å²) in [6.45, 7) is 5.97. The summed E-state index contributed by atoms with van der Waals surface area (Å²) >= 11 is 0. The number of nitrogens with one attached hydrogen (secondary N) is 1. The van der Waals surface area contributed by atoms with Crippen LogP contribution >= 0.6 is 0 Å². The van der Waals surface area contributed by atoms with Crippen LogP contribution < -0.4 is 15.0 Å². The summed E-state index contributed by atoms with van der Waals surface area (Å²) in [7, 11) is 0. The number of rotatable bonds is 2. The van der Waals surface area contributed by atoms with Crippen molar-refractivity contribution in [1.82, 2.24) is 9.97 Å². The van der Waals surface area contributed by atoms with Gasteiger partial charge in [0.05, 0.1) is 17.8 Å². The molecule has 9 heteroatoms. The predicted octanol–water partition coefficient (Wildman–Crippen LogP) is 5.52. The van der Waals surface area contributed by atoms with Gasteiger partial charge in [0.25, 0.3) is 0 Å². The minimum Gasteiger partial charge on any atom is -0.488 e. The highest BCUT2D eigenvalue weighted by Gasteiger charge is 2.31. The molecule has 3 aromatic rings. The molecule has 6 nitrogen and oxygen atoms in total. The molecule has 0 fully saturated rings. The number of anilines is 2. The van der Waals surface area contributed by atoms with Crippen LogP contribution in [-0.2, 0) is 6.18 Å². The first-order chi connectivity index (χ1) is 15.1. The molecule has 3 heterocycles. The van der Waals surface area contributed by atoms with E-state index in [0.717, 1.165) is 23.5 Å². The molecule has 2 amide bonds. The molecule has 166 valence electrons. The summed E-state index contributed by atoms with van der Waals surface area (Å²) in [5.41, 5.74) is 2.67. The minimum atomic E-state index is -4.46. The number of hydrogen-bond donors (Lipinski definition) is 1. The Labute approximate surface area is 183 Å². The van der Waals surface area contributed by atoms with Crippen LogP contribution in [0.5, 0.6) is 5.75 Å². The number of aryl methyl sites for hydroxylation is 3. The van der Waals surface area contributed by atoms with E-state index in [1.165, 1.54) is 11.0 Å². The third-order valence-electron chi connectivity index (χ3n) is 5.02. The van der Waals surface area contributed by atoms with E-state index >= 15 is 0 Å². The third-order valence-corrected chi connectivity index (χ3v) is 5.02. The fraction of sp³-hybridized carbons (Fsp3) is 0.261. The van der Waals surface area contributed by atoms with Crippen molar-refractivity contribution in [2.24, 2.45) is 0 Å². The van der Waals surface area contributed by atoms with E-state index in [-0.39, 0.29) is 19.0 Å². The summed E-state index contributed by atoms with van der Waals surface area (Å²) in [5.74, 6) is 0.702. The molecular formula is C23H21F3N4O2. The molecule has 0 bridgehead atoms. The largest absolute Gasteiger partial charge is 0.488 e. The fourth-order valence-electron chi connectivity index (χ4n) is 3.65. The van der Waals surface area contributed by atoms with E-state index in [1.807, 2.05) is 13.8 Å².